The highest BCUT2D eigenvalue weighted by atomic mass is 16.6. The number of nitro groups is 1. The highest BCUT2D eigenvalue weighted by Crippen LogP contribution is 2.36. The van der Waals surface area contributed by atoms with Crippen LogP contribution in [0.25, 0.3) is 10.9 Å². The van der Waals surface area contributed by atoms with Crippen LogP contribution in [0.3, 0.4) is 0 Å². The summed E-state index contributed by atoms with van der Waals surface area (Å²) in [4.78, 5) is 41.4. The van der Waals surface area contributed by atoms with E-state index in [1.165, 1.54) is 11.6 Å². The number of ether oxygens (including phenoxy) is 1. The number of fused-ring (bicyclic) bond motifs is 2. The van der Waals surface area contributed by atoms with E-state index in [9.17, 15) is 19.7 Å². The Hall–Kier alpha value is -4.59. The number of rotatable bonds is 6. The molecule has 0 fully saturated rings. The summed E-state index contributed by atoms with van der Waals surface area (Å²) in [6.45, 7) is 1.10. The minimum absolute atomic E-state index is 0.0994. The van der Waals surface area contributed by atoms with Gasteiger partial charge in [0, 0.05) is 28.4 Å². The van der Waals surface area contributed by atoms with E-state index < -0.39 is 23.4 Å². The number of pyridine rings is 1. The first-order chi connectivity index (χ1) is 17.9. The van der Waals surface area contributed by atoms with Gasteiger partial charge in [0.2, 0.25) is 0 Å². The van der Waals surface area contributed by atoms with Crippen molar-refractivity contribution in [1.29, 1.82) is 0 Å². The van der Waals surface area contributed by atoms with Gasteiger partial charge in [-0.25, -0.2) is 4.79 Å². The van der Waals surface area contributed by atoms with Gasteiger partial charge in [-0.05, 0) is 55.4 Å². The lowest BCUT2D eigenvalue weighted by Crippen LogP contribution is -2.24. The summed E-state index contributed by atoms with van der Waals surface area (Å²) in [5.41, 5.74) is 4.76. The average Bonchev–Trinajstić information content (AvgIpc) is 2.91. The normalized spacial score (nSPS) is 14.6. The van der Waals surface area contributed by atoms with Crippen molar-refractivity contribution in [3.05, 3.63) is 111 Å². The number of carbonyl (C=O) groups excluding carboxylic acids is 2. The summed E-state index contributed by atoms with van der Waals surface area (Å²) >= 11 is 0. The van der Waals surface area contributed by atoms with Crippen molar-refractivity contribution in [3.63, 3.8) is 0 Å². The molecule has 4 aromatic rings. The van der Waals surface area contributed by atoms with Crippen LogP contribution in [-0.2, 0) is 22.4 Å². The molecule has 37 heavy (non-hydrogen) atoms. The van der Waals surface area contributed by atoms with Crippen LogP contribution in [0.4, 0.5) is 11.4 Å². The molecule has 0 saturated heterocycles. The van der Waals surface area contributed by atoms with Gasteiger partial charge >= 0.3 is 5.97 Å². The maximum Gasteiger partial charge on any atom is 0.339 e. The number of nitrogens with zero attached hydrogens (tertiary/aromatic N) is 2. The molecule has 1 aliphatic carbocycles. The Morgan fingerprint density at radius 3 is 2.62 bits per heavy atom. The highest BCUT2D eigenvalue weighted by molar-refractivity contribution is 6.06. The number of para-hydroxylation sites is 1. The summed E-state index contributed by atoms with van der Waals surface area (Å²) in [6, 6.07) is 22.1. The van der Waals surface area contributed by atoms with Crippen molar-refractivity contribution in [1.82, 2.24) is 4.98 Å². The molecule has 0 saturated carbocycles. The van der Waals surface area contributed by atoms with Crippen LogP contribution in [0.2, 0.25) is 0 Å². The van der Waals surface area contributed by atoms with Crippen LogP contribution >= 0.6 is 0 Å². The molecule has 8 nitrogen and oxygen atoms in total. The molecular weight excluding hydrogens is 470 g/mol. The Kier molecular flexibility index (Phi) is 6.64. The van der Waals surface area contributed by atoms with Crippen LogP contribution in [-0.4, -0.2) is 28.4 Å². The zero-order valence-electron chi connectivity index (χ0n) is 20.3. The van der Waals surface area contributed by atoms with Crippen LogP contribution in [0.1, 0.15) is 45.1 Å². The molecule has 0 bridgehead atoms. The van der Waals surface area contributed by atoms with E-state index in [-0.39, 0.29) is 17.3 Å². The van der Waals surface area contributed by atoms with E-state index in [4.69, 9.17) is 9.72 Å². The minimum atomic E-state index is -0.589. The summed E-state index contributed by atoms with van der Waals surface area (Å²) in [6.07, 6.45) is 2.33. The van der Waals surface area contributed by atoms with E-state index in [0.29, 0.717) is 28.5 Å². The zero-order valence-corrected chi connectivity index (χ0v) is 20.3. The molecule has 0 aliphatic heterocycles. The minimum Gasteiger partial charge on any atom is -0.452 e. The van der Waals surface area contributed by atoms with Gasteiger partial charge < -0.3 is 10.1 Å². The number of esters is 1. The van der Waals surface area contributed by atoms with Gasteiger partial charge in [0.25, 0.3) is 11.6 Å². The Morgan fingerprint density at radius 2 is 1.84 bits per heavy atom. The second-order valence-electron chi connectivity index (χ2n) is 9.16. The second-order valence-corrected chi connectivity index (χ2v) is 9.16. The van der Waals surface area contributed by atoms with Gasteiger partial charge in [-0.1, -0.05) is 54.6 Å². The summed E-state index contributed by atoms with van der Waals surface area (Å²) in [5.74, 6) is -0.918. The Labute approximate surface area is 213 Å². The molecule has 5 rings (SSSR count). The molecule has 1 N–H and O–H groups in total. The van der Waals surface area contributed by atoms with Crippen LogP contribution < -0.4 is 5.32 Å². The van der Waals surface area contributed by atoms with E-state index in [2.05, 4.69) is 17.4 Å². The number of hydrogen-bond acceptors (Lipinski definition) is 6. The van der Waals surface area contributed by atoms with Gasteiger partial charge in [-0.3, -0.25) is 19.9 Å². The van der Waals surface area contributed by atoms with E-state index in [1.54, 1.807) is 19.1 Å². The second kappa shape index (κ2) is 10.2. The first kappa shape index (κ1) is 24.1. The Bertz CT molecular complexity index is 1520. The quantitative estimate of drug-likeness (QED) is 0.214. The third kappa shape index (κ3) is 5.04. The largest absolute Gasteiger partial charge is 0.452 e. The first-order valence-corrected chi connectivity index (χ1v) is 12.1. The fraction of sp³-hybridized carbons (Fsp3) is 0.207. The third-order valence-electron chi connectivity index (χ3n) is 6.76. The monoisotopic (exact) mass is 495 g/mol. The van der Waals surface area contributed by atoms with Gasteiger partial charge in [0.1, 0.15) is 0 Å². The molecule has 1 aliphatic rings. The molecule has 0 spiro atoms. The maximum absolute atomic E-state index is 13.4. The van der Waals surface area contributed by atoms with E-state index in [0.717, 1.165) is 24.1 Å². The predicted octanol–water partition coefficient (Wildman–Crippen LogP) is 5.52. The van der Waals surface area contributed by atoms with Gasteiger partial charge in [-0.2, -0.15) is 0 Å². The number of carbonyl (C=O) groups is 2. The fourth-order valence-corrected chi connectivity index (χ4v) is 4.92. The van der Waals surface area contributed by atoms with E-state index in [1.807, 2.05) is 42.5 Å². The average molecular weight is 496 g/mol. The number of benzene rings is 3. The number of hydrogen-bond donors (Lipinski definition) is 1. The van der Waals surface area contributed by atoms with Crippen LogP contribution in [0, 0.1) is 17.0 Å². The SMILES string of the molecule is Cc1ccc(NC(=O)COC(=O)c2c3c(nc4ccccc24)CCC(c2ccccc2)C3)cc1[N+](=O)[O-]. The maximum atomic E-state index is 13.4. The zero-order chi connectivity index (χ0) is 25.9. The number of aromatic nitrogens is 1. The van der Waals surface area contributed by atoms with Crippen molar-refractivity contribution in [2.45, 2.75) is 32.1 Å². The van der Waals surface area contributed by atoms with Crippen molar-refractivity contribution >= 4 is 34.2 Å². The van der Waals surface area contributed by atoms with Gasteiger partial charge in [-0.15, -0.1) is 0 Å². The van der Waals surface area contributed by atoms with Crippen LogP contribution in [0.5, 0.6) is 0 Å². The lowest BCUT2D eigenvalue weighted by atomic mass is 9.80. The highest BCUT2D eigenvalue weighted by Gasteiger charge is 2.28. The number of aryl methyl sites for hydroxylation is 2. The lowest BCUT2D eigenvalue weighted by Gasteiger charge is -2.26. The molecular formula is C29H25N3O5. The standard InChI is InChI=1S/C29H25N3O5/c1-18-11-13-21(16-26(18)32(35)36)30-27(33)17-37-29(34)28-22-9-5-6-10-24(22)31-25-14-12-20(15-23(25)28)19-7-3-2-4-8-19/h2-11,13,16,20H,12,14-15,17H2,1H3,(H,30,33). The molecule has 3 aromatic carbocycles. The number of anilines is 1. The van der Waals surface area contributed by atoms with E-state index >= 15 is 0 Å². The predicted molar refractivity (Wildman–Crippen MR) is 140 cm³/mol. The van der Waals surface area contributed by atoms with Gasteiger partial charge in [0.15, 0.2) is 6.61 Å². The van der Waals surface area contributed by atoms with Gasteiger partial charge in [0.05, 0.1) is 16.0 Å². The van der Waals surface area contributed by atoms with Crippen molar-refractivity contribution in [2.24, 2.45) is 0 Å². The number of nitro benzene ring substituents is 1. The Balaban J connectivity index is 1.38. The van der Waals surface area contributed by atoms with Crippen molar-refractivity contribution < 1.29 is 19.2 Å². The molecule has 1 amide bonds. The molecule has 1 unspecified atom stereocenters. The number of nitrogens with one attached hydrogen (secondary N) is 1. The smallest absolute Gasteiger partial charge is 0.339 e. The lowest BCUT2D eigenvalue weighted by molar-refractivity contribution is -0.385. The van der Waals surface area contributed by atoms with Crippen molar-refractivity contribution in [3.8, 4) is 0 Å². The third-order valence-corrected chi connectivity index (χ3v) is 6.76. The molecule has 1 atom stereocenters. The van der Waals surface area contributed by atoms with Crippen molar-refractivity contribution in [2.75, 3.05) is 11.9 Å². The summed E-state index contributed by atoms with van der Waals surface area (Å²) in [5, 5.41) is 14.4. The molecule has 1 aromatic heterocycles. The topological polar surface area (TPSA) is 111 Å². The van der Waals surface area contributed by atoms with Crippen LogP contribution in [0.15, 0.2) is 72.8 Å². The molecule has 186 valence electrons. The summed E-state index contributed by atoms with van der Waals surface area (Å²) < 4.78 is 5.47. The summed E-state index contributed by atoms with van der Waals surface area (Å²) in [7, 11) is 0. The first-order valence-electron chi connectivity index (χ1n) is 12.1. The Morgan fingerprint density at radius 1 is 1.08 bits per heavy atom. The molecule has 0 radical (unpaired) electrons. The molecule has 8 heteroatoms. The number of amides is 1. The fourth-order valence-electron chi connectivity index (χ4n) is 4.92. The molecule has 1 heterocycles.